The highest BCUT2D eigenvalue weighted by Crippen LogP contribution is 2.17. The molecule has 4 heteroatoms. The van der Waals surface area contributed by atoms with E-state index in [0.717, 1.165) is 5.56 Å². The molecule has 1 aromatic rings. The molecule has 0 radical (unpaired) electrons. The van der Waals surface area contributed by atoms with E-state index in [2.05, 4.69) is 5.32 Å². The first-order chi connectivity index (χ1) is 7.63. The molecule has 0 bridgehead atoms. The van der Waals surface area contributed by atoms with Gasteiger partial charge in [-0.25, -0.2) is 0 Å². The number of phenolic OH excluding ortho intramolecular Hbond substituents is 1. The molecule has 1 unspecified atom stereocenters. The lowest BCUT2D eigenvalue weighted by Crippen LogP contribution is -2.26. The molecular weight excluding hydrogens is 226 g/mol. The second-order valence-corrected chi connectivity index (χ2v) is 4.05. The second-order valence-electron chi connectivity index (χ2n) is 3.68. The van der Waals surface area contributed by atoms with Crippen LogP contribution in [0, 0.1) is 0 Å². The molecular formula is C12H16ClNO2. The van der Waals surface area contributed by atoms with E-state index < -0.39 is 0 Å². The van der Waals surface area contributed by atoms with Crippen molar-refractivity contribution in [1.29, 1.82) is 0 Å². The Labute approximate surface area is 100 Å². The van der Waals surface area contributed by atoms with Crippen molar-refractivity contribution in [3.05, 3.63) is 29.8 Å². The van der Waals surface area contributed by atoms with Gasteiger partial charge in [0.05, 0.1) is 6.04 Å². The Balaban J connectivity index is 2.52. The van der Waals surface area contributed by atoms with Crippen LogP contribution in [0.4, 0.5) is 0 Å². The lowest BCUT2D eigenvalue weighted by molar-refractivity contribution is -0.121. The van der Waals surface area contributed by atoms with E-state index in [-0.39, 0.29) is 17.7 Å². The van der Waals surface area contributed by atoms with E-state index in [1.165, 1.54) is 0 Å². The van der Waals surface area contributed by atoms with E-state index in [9.17, 15) is 9.90 Å². The monoisotopic (exact) mass is 241 g/mol. The number of aromatic hydroxyl groups is 1. The quantitative estimate of drug-likeness (QED) is 0.779. The highest BCUT2D eigenvalue weighted by Gasteiger charge is 2.09. The van der Waals surface area contributed by atoms with Crippen molar-refractivity contribution in [2.45, 2.75) is 25.8 Å². The SMILES string of the molecule is CC(NC(=O)CCCCl)c1cccc(O)c1. The summed E-state index contributed by atoms with van der Waals surface area (Å²) >= 11 is 5.51. The Hall–Kier alpha value is -1.22. The summed E-state index contributed by atoms with van der Waals surface area (Å²) < 4.78 is 0. The molecule has 0 aromatic heterocycles. The maximum atomic E-state index is 11.4. The standard InChI is InChI=1S/C12H16ClNO2/c1-9(14-12(16)6-3-7-13)10-4-2-5-11(15)8-10/h2,4-5,8-9,15H,3,6-7H2,1H3,(H,14,16). The first-order valence-corrected chi connectivity index (χ1v) is 5.81. The molecule has 0 saturated carbocycles. The van der Waals surface area contributed by atoms with Gasteiger partial charge in [0.2, 0.25) is 5.91 Å². The first kappa shape index (κ1) is 12.8. The predicted molar refractivity (Wildman–Crippen MR) is 64.6 cm³/mol. The molecule has 1 aromatic carbocycles. The highest BCUT2D eigenvalue weighted by molar-refractivity contribution is 6.17. The van der Waals surface area contributed by atoms with Crippen LogP contribution in [-0.4, -0.2) is 16.9 Å². The summed E-state index contributed by atoms with van der Waals surface area (Å²) in [7, 11) is 0. The Kier molecular flexibility index (Phi) is 5.12. The fourth-order valence-corrected chi connectivity index (χ4v) is 1.55. The van der Waals surface area contributed by atoms with Gasteiger partial charge in [0.15, 0.2) is 0 Å². The maximum absolute atomic E-state index is 11.4. The van der Waals surface area contributed by atoms with Gasteiger partial charge >= 0.3 is 0 Å². The fourth-order valence-electron chi connectivity index (χ4n) is 1.42. The van der Waals surface area contributed by atoms with Crippen LogP contribution in [0.2, 0.25) is 0 Å². The van der Waals surface area contributed by atoms with Crippen molar-refractivity contribution >= 4 is 17.5 Å². The summed E-state index contributed by atoms with van der Waals surface area (Å²) in [6, 6.07) is 6.77. The van der Waals surface area contributed by atoms with Crippen LogP contribution in [0.25, 0.3) is 0 Å². The molecule has 3 nitrogen and oxygen atoms in total. The van der Waals surface area contributed by atoms with Crippen LogP contribution < -0.4 is 5.32 Å². The van der Waals surface area contributed by atoms with Crippen molar-refractivity contribution in [3.63, 3.8) is 0 Å². The molecule has 0 heterocycles. The normalized spacial score (nSPS) is 12.1. The number of hydrogen-bond acceptors (Lipinski definition) is 2. The summed E-state index contributed by atoms with van der Waals surface area (Å²) in [5.74, 6) is 0.685. The molecule has 1 rings (SSSR count). The molecule has 0 aliphatic carbocycles. The third-order valence-corrected chi connectivity index (χ3v) is 2.55. The zero-order valence-electron chi connectivity index (χ0n) is 9.24. The van der Waals surface area contributed by atoms with Gasteiger partial charge in [0, 0.05) is 12.3 Å². The minimum absolute atomic E-state index is 0.0171. The summed E-state index contributed by atoms with van der Waals surface area (Å²) in [5, 5.41) is 12.2. The first-order valence-electron chi connectivity index (χ1n) is 5.27. The number of carbonyl (C=O) groups is 1. The third-order valence-electron chi connectivity index (χ3n) is 2.29. The molecule has 0 fully saturated rings. The average Bonchev–Trinajstić information content (AvgIpc) is 2.26. The Morgan fingerprint density at radius 2 is 2.31 bits per heavy atom. The summed E-state index contributed by atoms with van der Waals surface area (Å²) in [5.41, 5.74) is 0.888. The van der Waals surface area contributed by atoms with Crippen LogP contribution >= 0.6 is 11.6 Å². The number of carbonyl (C=O) groups excluding carboxylic acids is 1. The van der Waals surface area contributed by atoms with Crippen LogP contribution in [0.3, 0.4) is 0 Å². The minimum atomic E-state index is -0.102. The number of halogens is 1. The molecule has 0 saturated heterocycles. The van der Waals surface area contributed by atoms with Gasteiger partial charge in [-0.05, 0) is 31.0 Å². The molecule has 88 valence electrons. The fraction of sp³-hybridized carbons (Fsp3) is 0.417. The van der Waals surface area contributed by atoms with Crippen molar-refractivity contribution in [1.82, 2.24) is 5.32 Å². The largest absolute Gasteiger partial charge is 0.508 e. The second kappa shape index (κ2) is 6.38. The molecule has 0 aliphatic heterocycles. The van der Waals surface area contributed by atoms with Gasteiger partial charge in [-0.15, -0.1) is 11.6 Å². The van der Waals surface area contributed by atoms with Gasteiger partial charge in [0.25, 0.3) is 0 Å². The highest BCUT2D eigenvalue weighted by atomic mass is 35.5. The van der Waals surface area contributed by atoms with Crippen LogP contribution in [0.5, 0.6) is 5.75 Å². The van der Waals surface area contributed by atoms with E-state index in [1.54, 1.807) is 18.2 Å². The molecule has 0 spiro atoms. The number of benzene rings is 1. The zero-order chi connectivity index (χ0) is 12.0. The Morgan fingerprint density at radius 3 is 2.94 bits per heavy atom. The molecule has 2 N–H and O–H groups in total. The maximum Gasteiger partial charge on any atom is 0.220 e. The van der Waals surface area contributed by atoms with E-state index >= 15 is 0 Å². The Bertz CT molecular complexity index is 355. The van der Waals surface area contributed by atoms with Crippen LogP contribution in [-0.2, 0) is 4.79 Å². The predicted octanol–water partition coefficient (Wildman–Crippen LogP) is 2.59. The lowest BCUT2D eigenvalue weighted by atomic mass is 10.1. The summed E-state index contributed by atoms with van der Waals surface area (Å²) in [4.78, 5) is 11.4. The molecule has 1 atom stereocenters. The van der Waals surface area contributed by atoms with Crippen LogP contribution in [0.15, 0.2) is 24.3 Å². The number of nitrogens with one attached hydrogen (secondary N) is 1. The van der Waals surface area contributed by atoms with Gasteiger partial charge in [-0.3, -0.25) is 4.79 Å². The smallest absolute Gasteiger partial charge is 0.220 e. The minimum Gasteiger partial charge on any atom is -0.508 e. The van der Waals surface area contributed by atoms with Gasteiger partial charge < -0.3 is 10.4 Å². The molecule has 0 aliphatic rings. The Morgan fingerprint density at radius 1 is 1.56 bits per heavy atom. The van der Waals surface area contributed by atoms with Crippen molar-refractivity contribution in [2.75, 3.05) is 5.88 Å². The van der Waals surface area contributed by atoms with Crippen LogP contribution in [0.1, 0.15) is 31.4 Å². The van der Waals surface area contributed by atoms with Crippen molar-refractivity contribution < 1.29 is 9.90 Å². The van der Waals surface area contributed by atoms with Gasteiger partial charge in [-0.1, -0.05) is 12.1 Å². The van der Waals surface area contributed by atoms with E-state index in [0.29, 0.717) is 18.7 Å². The number of amides is 1. The third kappa shape index (κ3) is 4.11. The number of rotatable bonds is 5. The van der Waals surface area contributed by atoms with Crippen molar-refractivity contribution in [3.8, 4) is 5.75 Å². The average molecular weight is 242 g/mol. The summed E-state index contributed by atoms with van der Waals surface area (Å²) in [6.07, 6.45) is 1.12. The van der Waals surface area contributed by atoms with Gasteiger partial charge in [0.1, 0.15) is 5.75 Å². The number of alkyl halides is 1. The van der Waals surface area contributed by atoms with E-state index in [1.807, 2.05) is 13.0 Å². The van der Waals surface area contributed by atoms with Crippen molar-refractivity contribution in [2.24, 2.45) is 0 Å². The lowest BCUT2D eigenvalue weighted by Gasteiger charge is -2.14. The number of phenols is 1. The molecule has 1 amide bonds. The molecule has 16 heavy (non-hydrogen) atoms. The zero-order valence-corrected chi connectivity index (χ0v) is 10.00. The summed E-state index contributed by atoms with van der Waals surface area (Å²) in [6.45, 7) is 1.88. The topological polar surface area (TPSA) is 49.3 Å². The van der Waals surface area contributed by atoms with E-state index in [4.69, 9.17) is 11.6 Å². The number of hydrogen-bond donors (Lipinski definition) is 2. The van der Waals surface area contributed by atoms with Gasteiger partial charge in [-0.2, -0.15) is 0 Å².